The van der Waals surface area contributed by atoms with E-state index in [0.717, 1.165) is 18.2 Å². The minimum absolute atomic E-state index is 0.0554. The zero-order valence-electron chi connectivity index (χ0n) is 14.6. The number of aryl methyl sites for hydroxylation is 1. The predicted molar refractivity (Wildman–Crippen MR) is 99.3 cm³/mol. The van der Waals surface area contributed by atoms with E-state index in [1.54, 1.807) is 36.4 Å². The fourth-order valence-electron chi connectivity index (χ4n) is 2.60. The summed E-state index contributed by atoms with van der Waals surface area (Å²) >= 11 is 0. The Hall–Kier alpha value is -2.80. The number of fused-ring (bicyclic) bond motifs is 1. The van der Waals surface area contributed by atoms with E-state index in [-0.39, 0.29) is 16.9 Å². The average molecular weight is 374 g/mol. The summed E-state index contributed by atoms with van der Waals surface area (Å²) in [7, 11) is -2.38. The van der Waals surface area contributed by atoms with Crippen LogP contribution in [0.5, 0.6) is 11.5 Å². The molecule has 0 aliphatic rings. The molecule has 3 rings (SSSR count). The monoisotopic (exact) mass is 374 g/mol. The van der Waals surface area contributed by atoms with Gasteiger partial charge in [0.15, 0.2) is 5.76 Å². The molecule has 0 unspecified atom stereocenters. The number of ether oxygens (including phenoxy) is 1. The van der Waals surface area contributed by atoms with Gasteiger partial charge < -0.3 is 13.3 Å². The highest BCUT2D eigenvalue weighted by Crippen LogP contribution is 2.32. The van der Waals surface area contributed by atoms with Crippen molar-refractivity contribution in [1.29, 1.82) is 0 Å². The first-order chi connectivity index (χ1) is 12.3. The van der Waals surface area contributed by atoms with Crippen LogP contribution in [0, 0.1) is 0 Å². The van der Waals surface area contributed by atoms with Crippen LogP contribution in [-0.4, -0.2) is 21.8 Å². The summed E-state index contributed by atoms with van der Waals surface area (Å²) in [6, 6.07) is 12.0. The minimum atomic E-state index is -3.91. The second-order valence-corrected chi connectivity index (χ2v) is 7.36. The van der Waals surface area contributed by atoms with Crippen molar-refractivity contribution in [2.75, 3.05) is 13.4 Å². The molecule has 26 heavy (non-hydrogen) atoms. The Balaban J connectivity index is 2.31. The first-order valence-corrected chi connectivity index (χ1v) is 9.77. The molecular weight excluding hydrogens is 356 g/mol. The van der Waals surface area contributed by atoms with Crippen LogP contribution in [0.4, 0.5) is 0 Å². The van der Waals surface area contributed by atoms with Gasteiger partial charge in [0.2, 0.25) is 11.2 Å². The minimum Gasteiger partial charge on any atom is -0.497 e. The van der Waals surface area contributed by atoms with Crippen LogP contribution in [0.3, 0.4) is 0 Å². The molecule has 0 N–H and O–H groups in total. The number of methoxy groups -OCH3 is 1. The van der Waals surface area contributed by atoms with E-state index in [2.05, 4.69) is 0 Å². The fourth-order valence-corrected chi connectivity index (χ4v) is 3.06. The maximum atomic E-state index is 12.9. The van der Waals surface area contributed by atoms with Gasteiger partial charge >= 0.3 is 10.1 Å². The molecular formula is C19H18O6S. The molecule has 3 aromatic rings. The third-order valence-corrected chi connectivity index (χ3v) is 4.38. The lowest BCUT2D eigenvalue weighted by Gasteiger charge is -2.11. The van der Waals surface area contributed by atoms with E-state index >= 15 is 0 Å². The normalized spacial score (nSPS) is 11.5. The Kier molecular flexibility index (Phi) is 4.73. The second kappa shape index (κ2) is 6.84. The molecule has 0 atom stereocenters. The third kappa shape index (κ3) is 3.57. The van der Waals surface area contributed by atoms with Gasteiger partial charge in [-0.3, -0.25) is 4.79 Å². The van der Waals surface area contributed by atoms with Crippen LogP contribution in [0.15, 0.2) is 51.7 Å². The quantitative estimate of drug-likeness (QED) is 0.637. The first-order valence-electron chi connectivity index (χ1n) is 7.96. The summed E-state index contributed by atoms with van der Waals surface area (Å²) in [5, 5.41) is 0.278. The van der Waals surface area contributed by atoms with Crippen molar-refractivity contribution in [2.24, 2.45) is 0 Å². The lowest BCUT2D eigenvalue weighted by molar-refractivity contribution is 0.415. The molecule has 0 aliphatic heterocycles. The van der Waals surface area contributed by atoms with Crippen LogP contribution in [0.2, 0.25) is 0 Å². The van der Waals surface area contributed by atoms with E-state index in [4.69, 9.17) is 13.3 Å². The third-order valence-electron chi connectivity index (χ3n) is 3.91. The maximum absolute atomic E-state index is 12.9. The highest BCUT2D eigenvalue weighted by molar-refractivity contribution is 7.86. The summed E-state index contributed by atoms with van der Waals surface area (Å²) < 4.78 is 39.3. The molecule has 0 bridgehead atoms. The van der Waals surface area contributed by atoms with Crippen molar-refractivity contribution in [1.82, 2.24) is 0 Å². The van der Waals surface area contributed by atoms with E-state index < -0.39 is 15.5 Å². The van der Waals surface area contributed by atoms with Gasteiger partial charge in [-0.2, -0.15) is 8.42 Å². The van der Waals surface area contributed by atoms with E-state index in [1.807, 2.05) is 13.0 Å². The molecule has 0 aliphatic carbocycles. The van der Waals surface area contributed by atoms with E-state index in [1.165, 1.54) is 7.11 Å². The van der Waals surface area contributed by atoms with Gasteiger partial charge in [-0.25, -0.2) is 0 Å². The zero-order valence-corrected chi connectivity index (χ0v) is 15.4. The molecule has 0 radical (unpaired) electrons. The van der Waals surface area contributed by atoms with Crippen molar-refractivity contribution < 1.29 is 21.8 Å². The van der Waals surface area contributed by atoms with Gasteiger partial charge in [-0.1, -0.05) is 13.0 Å². The van der Waals surface area contributed by atoms with Crippen LogP contribution < -0.4 is 14.3 Å². The van der Waals surface area contributed by atoms with Crippen molar-refractivity contribution >= 4 is 21.1 Å². The first kappa shape index (κ1) is 18.0. The Morgan fingerprint density at radius 2 is 1.77 bits per heavy atom. The lowest BCUT2D eigenvalue weighted by atomic mass is 10.1. The van der Waals surface area contributed by atoms with Crippen LogP contribution >= 0.6 is 0 Å². The molecule has 136 valence electrons. The molecule has 7 heteroatoms. The molecule has 0 saturated carbocycles. The zero-order chi connectivity index (χ0) is 18.9. The highest BCUT2D eigenvalue weighted by Gasteiger charge is 2.21. The molecule has 1 aromatic heterocycles. The predicted octanol–water partition coefficient (Wildman–Crippen LogP) is 3.37. The topological polar surface area (TPSA) is 82.8 Å². The molecule has 0 amide bonds. The van der Waals surface area contributed by atoms with Gasteiger partial charge in [0.05, 0.1) is 18.8 Å². The van der Waals surface area contributed by atoms with Gasteiger partial charge in [-0.15, -0.1) is 0 Å². The Labute approximate surface area is 151 Å². The number of hydrogen-bond donors (Lipinski definition) is 0. The van der Waals surface area contributed by atoms with Crippen molar-refractivity contribution in [3.05, 3.63) is 58.3 Å². The van der Waals surface area contributed by atoms with Crippen molar-refractivity contribution in [3.8, 4) is 22.8 Å². The van der Waals surface area contributed by atoms with Crippen molar-refractivity contribution in [2.45, 2.75) is 13.3 Å². The largest absolute Gasteiger partial charge is 0.497 e. The summed E-state index contributed by atoms with van der Waals surface area (Å²) in [4.78, 5) is 12.9. The standard InChI is InChI=1S/C19H18O6S/c1-4-12-5-10-16-15(11-12)17(20)19(25-26(3,21)22)18(24-16)13-6-8-14(23-2)9-7-13/h5-11H,4H2,1-3H3. The molecule has 0 fully saturated rings. The number of rotatable bonds is 5. The highest BCUT2D eigenvalue weighted by atomic mass is 32.2. The molecule has 6 nitrogen and oxygen atoms in total. The summed E-state index contributed by atoms with van der Waals surface area (Å²) in [6.07, 6.45) is 1.62. The SMILES string of the molecule is CCc1ccc2oc(-c3ccc(OC)cc3)c(OS(C)(=O)=O)c(=O)c2c1. The Morgan fingerprint density at radius 3 is 2.35 bits per heavy atom. The van der Waals surface area contributed by atoms with E-state index in [9.17, 15) is 13.2 Å². The smallest absolute Gasteiger partial charge is 0.306 e. The average Bonchev–Trinajstić information content (AvgIpc) is 2.63. The van der Waals surface area contributed by atoms with Crippen LogP contribution in [-0.2, 0) is 16.5 Å². The Bertz CT molecular complexity index is 1110. The number of benzene rings is 2. The van der Waals surface area contributed by atoms with E-state index in [0.29, 0.717) is 16.9 Å². The van der Waals surface area contributed by atoms with Crippen LogP contribution in [0.25, 0.3) is 22.3 Å². The molecule has 0 saturated heterocycles. The van der Waals surface area contributed by atoms with Crippen LogP contribution in [0.1, 0.15) is 12.5 Å². The summed E-state index contributed by atoms with van der Waals surface area (Å²) in [6.45, 7) is 1.96. The summed E-state index contributed by atoms with van der Waals surface area (Å²) in [5.41, 5.74) is 1.27. The van der Waals surface area contributed by atoms with Crippen molar-refractivity contribution in [3.63, 3.8) is 0 Å². The van der Waals surface area contributed by atoms with Gasteiger partial charge in [0.25, 0.3) is 0 Å². The fraction of sp³-hybridized carbons (Fsp3) is 0.211. The summed E-state index contributed by atoms with van der Waals surface area (Å²) in [5.74, 6) is 0.327. The molecule has 1 heterocycles. The maximum Gasteiger partial charge on any atom is 0.306 e. The van der Waals surface area contributed by atoms with Gasteiger partial charge in [0.1, 0.15) is 11.3 Å². The van der Waals surface area contributed by atoms with Gasteiger partial charge in [0, 0.05) is 5.56 Å². The van der Waals surface area contributed by atoms with Gasteiger partial charge in [-0.05, 0) is 48.4 Å². The molecule has 2 aromatic carbocycles. The second-order valence-electron chi connectivity index (χ2n) is 5.79. The number of hydrogen-bond acceptors (Lipinski definition) is 6. The molecule has 0 spiro atoms. The Morgan fingerprint density at radius 1 is 1.08 bits per heavy atom. The lowest BCUT2D eigenvalue weighted by Crippen LogP contribution is -2.15.